The Morgan fingerprint density at radius 2 is 1.45 bits per heavy atom. The second kappa shape index (κ2) is 5.54. The van der Waals surface area contributed by atoms with Crippen molar-refractivity contribution in [2.75, 3.05) is 0 Å². The SMILES string of the molecule is CCCC(C)(C)c1nc(C(C)(C)CC)[nH]c1C(C)(C)C. The predicted molar refractivity (Wildman–Crippen MR) is 88.5 cm³/mol. The van der Waals surface area contributed by atoms with E-state index in [0.717, 1.165) is 12.2 Å². The number of nitrogens with zero attached hydrogens (tertiary/aromatic N) is 1. The molecule has 0 bridgehead atoms. The smallest absolute Gasteiger partial charge is 0.112 e. The molecule has 0 aliphatic carbocycles. The standard InChI is InChI=1S/C18H34N2/c1-10-12-18(8,9)14-13(16(3,4)5)19-15(20-14)17(6,7)11-2/h10-12H2,1-9H3,(H,19,20). The quantitative estimate of drug-likeness (QED) is 0.760. The molecule has 0 amide bonds. The summed E-state index contributed by atoms with van der Waals surface area (Å²) in [6.45, 7) is 20.5. The Morgan fingerprint density at radius 1 is 0.900 bits per heavy atom. The van der Waals surface area contributed by atoms with Gasteiger partial charge in [0, 0.05) is 21.9 Å². The average molecular weight is 278 g/mol. The molecular formula is C18H34N2. The van der Waals surface area contributed by atoms with E-state index >= 15 is 0 Å². The highest BCUT2D eigenvalue weighted by atomic mass is 15.0. The van der Waals surface area contributed by atoms with Gasteiger partial charge in [0.2, 0.25) is 0 Å². The summed E-state index contributed by atoms with van der Waals surface area (Å²) in [6.07, 6.45) is 3.46. The molecule has 2 nitrogen and oxygen atoms in total. The van der Waals surface area contributed by atoms with E-state index in [1.54, 1.807) is 0 Å². The highest BCUT2D eigenvalue weighted by Gasteiger charge is 2.34. The van der Waals surface area contributed by atoms with E-state index in [1.807, 2.05) is 0 Å². The minimum atomic E-state index is 0.107. The maximum absolute atomic E-state index is 5.05. The number of aromatic amines is 1. The molecule has 1 rings (SSSR count). The monoisotopic (exact) mass is 278 g/mol. The largest absolute Gasteiger partial charge is 0.345 e. The fourth-order valence-corrected chi connectivity index (χ4v) is 2.64. The molecule has 2 heteroatoms. The maximum Gasteiger partial charge on any atom is 0.112 e. The zero-order valence-corrected chi connectivity index (χ0v) is 15.1. The molecule has 116 valence electrons. The molecule has 1 heterocycles. The average Bonchev–Trinajstić information content (AvgIpc) is 2.74. The van der Waals surface area contributed by atoms with Gasteiger partial charge in [-0.05, 0) is 12.8 Å². The number of imidazole rings is 1. The molecule has 0 saturated heterocycles. The van der Waals surface area contributed by atoms with Gasteiger partial charge in [0.05, 0.1) is 5.69 Å². The van der Waals surface area contributed by atoms with E-state index in [0.29, 0.717) is 0 Å². The Labute approximate surface area is 125 Å². The summed E-state index contributed by atoms with van der Waals surface area (Å²) in [6, 6.07) is 0. The molecule has 0 aliphatic heterocycles. The van der Waals surface area contributed by atoms with Crippen LogP contribution in [0, 0.1) is 0 Å². The summed E-state index contributed by atoms with van der Waals surface area (Å²) in [7, 11) is 0. The Kier molecular flexibility index (Phi) is 4.78. The molecule has 0 aliphatic rings. The molecule has 1 aromatic rings. The van der Waals surface area contributed by atoms with Gasteiger partial charge in [-0.25, -0.2) is 4.98 Å². The van der Waals surface area contributed by atoms with Crippen LogP contribution in [0.4, 0.5) is 0 Å². The Morgan fingerprint density at radius 3 is 1.85 bits per heavy atom. The lowest BCUT2D eigenvalue weighted by Gasteiger charge is -2.27. The van der Waals surface area contributed by atoms with E-state index in [4.69, 9.17) is 4.98 Å². The Hall–Kier alpha value is -0.790. The van der Waals surface area contributed by atoms with Gasteiger partial charge < -0.3 is 4.98 Å². The minimum absolute atomic E-state index is 0.107. The van der Waals surface area contributed by atoms with E-state index in [9.17, 15) is 0 Å². The normalized spacial score (nSPS) is 13.8. The zero-order valence-electron chi connectivity index (χ0n) is 15.1. The van der Waals surface area contributed by atoms with Crippen molar-refractivity contribution in [2.45, 2.75) is 97.8 Å². The van der Waals surface area contributed by atoms with Gasteiger partial charge in [-0.1, -0.05) is 68.7 Å². The third-order valence-electron chi connectivity index (χ3n) is 4.49. The number of aromatic nitrogens is 2. The van der Waals surface area contributed by atoms with Crippen LogP contribution < -0.4 is 0 Å². The van der Waals surface area contributed by atoms with E-state index in [1.165, 1.54) is 24.2 Å². The number of nitrogens with one attached hydrogen (secondary N) is 1. The van der Waals surface area contributed by atoms with Crippen LogP contribution in [0.3, 0.4) is 0 Å². The van der Waals surface area contributed by atoms with Gasteiger partial charge in [0.15, 0.2) is 0 Å². The summed E-state index contributed by atoms with van der Waals surface area (Å²) >= 11 is 0. The number of hydrogen-bond acceptors (Lipinski definition) is 1. The lowest BCUT2D eigenvalue weighted by molar-refractivity contribution is 0.438. The molecule has 20 heavy (non-hydrogen) atoms. The van der Waals surface area contributed by atoms with E-state index in [2.05, 4.69) is 67.3 Å². The lowest BCUT2D eigenvalue weighted by atomic mass is 9.78. The van der Waals surface area contributed by atoms with Crippen molar-refractivity contribution in [3.63, 3.8) is 0 Å². The van der Waals surface area contributed by atoms with Crippen LogP contribution in [0.15, 0.2) is 0 Å². The number of rotatable bonds is 5. The second-order valence-corrected chi connectivity index (χ2v) is 8.43. The molecule has 0 saturated carbocycles. The van der Waals surface area contributed by atoms with E-state index < -0.39 is 0 Å². The molecule has 0 fully saturated rings. The highest BCUT2D eigenvalue weighted by molar-refractivity contribution is 5.30. The lowest BCUT2D eigenvalue weighted by Crippen LogP contribution is -2.24. The summed E-state index contributed by atoms with van der Waals surface area (Å²) in [5.74, 6) is 1.14. The molecule has 0 aromatic carbocycles. The van der Waals surface area contributed by atoms with Crippen molar-refractivity contribution in [1.29, 1.82) is 0 Å². The van der Waals surface area contributed by atoms with Gasteiger partial charge in [-0.3, -0.25) is 0 Å². The van der Waals surface area contributed by atoms with Gasteiger partial charge in [-0.2, -0.15) is 0 Å². The van der Waals surface area contributed by atoms with Crippen LogP contribution in [-0.2, 0) is 16.2 Å². The second-order valence-electron chi connectivity index (χ2n) is 8.43. The van der Waals surface area contributed by atoms with Crippen molar-refractivity contribution in [2.24, 2.45) is 0 Å². The number of H-pyrrole nitrogens is 1. The summed E-state index contributed by atoms with van der Waals surface area (Å²) in [5, 5.41) is 0. The zero-order chi connectivity index (χ0) is 15.8. The topological polar surface area (TPSA) is 28.7 Å². The fourth-order valence-electron chi connectivity index (χ4n) is 2.64. The van der Waals surface area contributed by atoms with Crippen LogP contribution in [0.5, 0.6) is 0 Å². The maximum atomic E-state index is 5.05. The first-order valence-corrected chi connectivity index (χ1v) is 8.07. The molecular weight excluding hydrogens is 244 g/mol. The molecule has 0 atom stereocenters. The highest BCUT2D eigenvalue weighted by Crippen LogP contribution is 2.37. The molecule has 1 aromatic heterocycles. The molecule has 1 N–H and O–H groups in total. The summed E-state index contributed by atoms with van der Waals surface area (Å²) < 4.78 is 0. The van der Waals surface area contributed by atoms with Crippen molar-refractivity contribution in [3.8, 4) is 0 Å². The Balaban J connectivity index is 3.43. The predicted octanol–water partition coefficient (Wildman–Crippen LogP) is 5.47. The van der Waals surface area contributed by atoms with Gasteiger partial charge in [0.25, 0.3) is 0 Å². The summed E-state index contributed by atoms with van der Waals surface area (Å²) in [5.41, 5.74) is 2.93. The van der Waals surface area contributed by atoms with Crippen molar-refractivity contribution >= 4 is 0 Å². The third kappa shape index (κ3) is 3.45. The molecule has 0 radical (unpaired) electrons. The van der Waals surface area contributed by atoms with Gasteiger partial charge >= 0.3 is 0 Å². The Bertz CT molecular complexity index is 444. The first-order chi connectivity index (χ1) is 8.95. The van der Waals surface area contributed by atoms with E-state index in [-0.39, 0.29) is 16.2 Å². The molecule has 0 spiro atoms. The van der Waals surface area contributed by atoms with Gasteiger partial charge in [0.1, 0.15) is 5.82 Å². The first kappa shape index (κ1) is 17.3. The fraction of sp³-hybridized carbons (Fsp3) is 0.833. The van der Waals surface area contributed by atoms with Crippen molar-refractivity contribution in [3.05, 3.63) is 17.2 Å². The first-order valence-electron chi connectivity index (χ1n) is 8.07. The van der Waals surface area contributed by atoms with Crippen LogP contribution in [0.2, 0.25) is 0 Å². The van der Waals surface area contributed by atoms with Crippen LogP contribution in [0.25, 0.3) is 0 Å². The minimum Gasteiger partial charge on any atom is -0.345 e. The van der Waals surface area contributed by atoms with Crippen molar-refractivity contribution in [1.82, 2.24) is 9.97 Å². The van der Waals surface area contributed by atoms with Crippen LogP contribution in [-0.4, -0.2) is 9.97 Å². The summed E-state index contributed by atoms with van der Waals surface area (Å²) in [4.78, 5) is 8.72. The van der Waals surface area contributed by atoms with Gasteiger partial charge in [-0.15, -0.1) is 0 Å². The van der Waals surface area contributed by atoms with Crippen LogP contribution in [0.1, 0.15) is 98.8 Å². The van der Waals surface area contributed by atoms with Crippen LogP contribution >= 0.6 is 0 Å². The third-order valence-corrected chi connectivity index (χ3v) is 4.49. The number of hydrogen-bond donors (Lipinski definition) is 1. The van der Waals surface area contributed by atoms with Crippen molar-refractivity contribution < 1.29 is 0 Å². The molecule has 0 unspecified atom stereocenters.